The topological polar surface area (TPSA) is 82.2 Å². The summed E-state index contributed by atoms with van der Waals surface area (Å²) in [5.74, 6) is 0. The third kappa shape index (κ3) is 8.50. The fourth-order valence-electron chi connectivity index (χ4n) is 4.35. The molecule has 47 heavy (non-hydrogen) atoms. The van der Waals surface area contributed by atoms with E-state index in [0.717, 1.165) is 0 Å². The van der Waals surface area contributed by atoms with E-state index in [2.05, 4.69) is 0 Å². The second-order valence-electron chi connectivity index (χ2n) is 9.79. The highest BCUT2D eigenvalue weighted by molar-refractivity contribution is 7.48. The third-order valence-electron chi connectivity index (χ3n) is 6.54. The van der Waals surface area contributed by atoms with Gasteiger partial charge in [-0.15, -0.1) is 0 Å². The molecule has 6 rings (SSSR count). The largest absolute Gasteiger partial charge is 0.562 e. The van der Waals surface area contributed by atoms with Gasteiger partial charge in [0.25, 0.3) is 0 Å². The minimum absolute atomic E-state index is 0.567. The molecule has 0 N–H and O–H groups in total. The molecule has 6 aromatic carbocycles. The zero-order valence-corrected chi connectivity index (χ0v) is 25.9. The predicted octanol–water partition coefficient (Wildman–Crippen LogP) is 10.2. The summed E-state index contributed by atoms with van der Waals surface area (Å²) in [5.41, 5.74) is 3.40. The van der Waals surface area contributed by atoms with Crippen LogP contribution in [0.5, 0.6) is 0 Å². The van der Waals surface area contributed by atoms with Gasteiger partial charge in [0.05, 0.1) is 34.1 Å². The minimum Gasteiger partial charge on any atom is -0.220 e. The van der Waals surface area contributed by atoms with Crippen molar-refractivity contribution in [2.24, 2.45) is 0 Å². The molecule has 6 aromatic rings. The van der Waals surface area contributed by atoms with Crippen LogP contribution in [0.3, 0.4) is 0 Å². The van der Waals surface area contributed by atoms with E-state index >= 15 is 0 Å². The standard InChI is InChI=1S/C36H30N3O7P/c40-47(44-41-37(31-19-7-1-8-20-31)32-21-9-2-10-22-32,45-42-38(33-23-11-3-12-24-33)34-25-13-4-14-26-34)46-43-39(35-27-15-5-16-28-35)36-29-17-6-18-30-36/h1-30H. The van der Waals surface area contributed by atoms with Crippen molar-refractivity contribution in [2.75, 3.05) is 15.2 Å². The van der Waals surface area contributed by atoms with Crippen molar-refractivity contribution in [3.63, 3.8) is 0 Å². The summed E-state index contributed by atoms with van der Waals surface area (Å²) in [5, 5.41) is 3.95. The van der Waals surface area contributed by atoms with Crippen LogP contribution in [0.4, 0.5) is 34.1 Å². The molecule has 0 radical (unpaired) electrons. The normalized spacial score (nSPS) is 11.1. The number of rotatable bonds is 15. The first-order chi connectivity index (χ1) is 23.2. The van der Waals surface area contributed by atoms with Crippen molar-refractivity contribution < 1.29 is 33.6 Å². The van der Waals surface area contributed by atoms with Crippen LogP contribution in [0.25, 0.3) is 0 Å². The fourth-order valence-corrected chi connectivity index (χ4v) is 4.86. The van der Waals surface area contributed by atoms with Crippen molar-refractivity contribution in [1.82, 2.24) is 0 Å². The molecule has 0 unspecified atom stereocenters. The number of hydrogen-bond donors (Lipinski definition) is 0. The summed E-state index contributed by atoms with van der Waals surface area (Å²) in [7, 11) is -4.90. The van der Waals surface area contributed by atoms with Gasteiger partial charge < -0.3 is 0 Å². The Balaban J connectivity index is 1.31. The van der Waals surface area contributed by atoms with Crippen LogP contribution < -0.4 is 15.2 Å². The fraction of sp³-hybridized carbons (Fsp3) is 0. The lowest BCUT2D eigenvalue weighted by molar-refractivity contribution is -0.326. The molecule has 0 amide bonds. The van der Waals surface area contributed by atoms with Crippen molar-refractivity contribution in [2.45, 2.75) is 0 Å². The van der Waals surface area contributed by atoms with Crippen LogP contribution in [0, 0.1) is 0 Å². The first-order valence-corrected chi connectivity index (χ1v) is 16.0. The van der Waals surface area contributed by atoms with Crippen molar-refractivity contribution in [3.05, 3.63) is 182 Å². The Morgan fingerprint density at radius 1 is 0.298 bits per heavy atom. The SMILES string of the molecule is O=P(OON(c1ccccc1)c1ccccc1)(OON(c1ccccc1)c1ccccc1)OON(c1ccccc1)c1ccccc1. The lowest BCUT2D eigenvalue weighted by atomic mass is 10.2. The molecular weight excluding hydrogens is 617 g/mol. The van der Waals surface area contributed by atoms with Gasteiger partial charge in [-0.1, -0.05) is 138 Å². The summed E-state index contributed by atoms with van der Waals surface area (Å²) in [4.78, 5) is 17.1. The van der Waals surface area contributed by atoms with Gasteiger partial charge in [-0.2, -0.15) is 15.2 Å². The Morgan fingerprint density at radius 2 is 0.468 bits per heavy atom. The lowest BCUT2D eigenvalue weighted by Gasteiger charge is -2.27. The van der Waals surface area contributed by atoms with Crippen LogP contribution in [-0.4, -0.2) is 0 Å². The second kappa shape index (κ2) is 15.8. The number of hydrogen-bond acceptors (Lipinski definition) is 10. The average molecular weight is 648 g/mol. The van der Waals surface area contributed by atoms with Crippen LogP contribution in [0.2, 0.25) is 0 Å². The zero-order chi connectivity index (χ0) is 32.2. The predicted molar refractivity (Wildman–Crippen MR) is 179 cm³/mol. The third-order valence-corrected chi connectivity index (χ3v) is 7.29. The molecule has 0 aromatic heterocycles. The number of benzene rings is 6. The molecule has 0 aliphatic rings. The molecule has 10 nitrogen and oxygen atoms in total. The van der Waals surface area contributed by atoms with E-state index in [1.54, 1.807) is 72.8 Å². The van der Waals surface area contributed by atoms with Gasteiger partial charge in [-0.05, 0) is 72.8 Å². The highest BCUT2D eigenvalue weighted by atomic mass is 31.2. The number of anilines is 6. The Hall–Kier alpha value is -5.29. The zero-order valence-electron chi connectivity index (χ0n) is 25.0. The Kier molecular flexibility index (Phi) is 10.7. The molecule has 236 valence electrons. The minimum atomic E-state index is -4.90. The maximum atomic E-state index is 14.4. The van der Waals surface area contributed by atoms with E-state index in [9.17, 15) is 4.57 Å². The molecule has 0 bridgehead atoms. The molecule has 11 heteroatoms. The van der Waals surface area contributed by atoms with Crippen molar-refractivity contribution >= 4 is 41.9 Å². The molecule has 0 fully saturated rings. The molecule has 0 spiro atoms. The second-order valence-corrected chi connectivity index (χ2v) is 11.1. The summed E-state index contributed by atoms with van der Waals surface area (Å²) in [6.45, 7) is 0. The van der Waals surface area contributed by atoms with Gasteiger partial charge in [0.15, 0.2) is 0 Å². The highest BCUT2D eigenvalue weighted by Gasteiger charge is 2.37. The van der Waals surface area contributed by atoms with Crippen LogP contribution in [0.15, 0.2) is 182 Å². The quantitative estimate of drug-likeness (QED) is 0.0610. The Bertz CT molecular complexity index is 1490. The molecule has 0 saturated heterocycles. The summed E-state index contributed by atoms with van der Waals surface area (Å²) >= 11 is 0. The Labute approximate surface area is 272 Å². The maximum Gasteiger partial charge on any atom is 0.562 e. The van der Waals surface area contributed by atoms with Crippen molar-refractivity contribution in [3.8, 4) is 0 Å². The van der Waals surface area contributed by atoms with Crippen LogP contribution in [0.1, 0.15) is 0 Å². The van der Waals surface area contributed by atoms with Gasteiger partial charge in [0, 0.05) is 0 Å². The molecule has 0 heterocycles. The van der Waals surface area contributed by atoms with E-state index in [1.807, 2.05) is 109 Å². The molecule has 0 saturated carbocycles. The number of nitrogens with zero attached hydrogens (tertiary/aromatic N) is 3. The van der Waals surface area contributed by atoms with Gasteiger partial charge in [0.1, 0.15) is 0 Å². The summed E-state index contributed by atoms with van der Waals surface area (Å²) in [6, 6.07) is 54.4. The van der Waals surface area contributed by atoms with E-state index in [0.29, 0.717) is 34.1 Å². The van der Waals surface area contributed by atoms with Gasteiger partial charge in [-0.25, -0.2) is 4.57 Å². The van der Waals surface area contributed by atoms with Crippen LogP contribution >= 0.6 is 7.82 Å². The monoisotopic (exact) mass is 647 g/mol. The van der Waals surface area contributed by atoms with Gasteiger partial charge >= 0.3 is 7.82 Å². The van der Waals surface area contributed by atoms with Gasteiger partial charge in [-0.3, -0.25) is 0 Å². The smallest absolute Gasteiger partial charge is 0.220 e. The number of phosphoric acid groups is 1. The first-order valence-electron chi connectivity index (χ1n) is 14.6. The highest BCUT2D eigenvalue weighted by Crippen LogP contribution is 2.52. The lowest BCUT2D eigenvalue weighted by Crippen LogP contribution is -2.23. The van der Waals surface area contributed by atoms with E-state index in [-0.39, 0.29) is 0 Å². The maximum absolute atomic E-state index is 14.4. The summed E-state index contributed by atoms with van der Waals surface area (Å²) < 4.78 is 30.8. The van der Waals surface area contributed by atoms with E-state index in [1.165, 1.54) is 15.2 Å². The van der Waals surface area contributed by atoms with Crippen LogP contribution in [-0.2, 0) is 33.6 Å². The number of para-hydroxylation sites is 6. The average Bonchev–Trinajstić information content (AvgIpc) is 3.15. The van der Waals surface area contributed by atoms with E-state index < -0.39 is 7.82 Å². The van der Waals surface area contributed by atoms with E-state index in [4.69, 9.17) is 29.0 Å². The van der Waals surface area contributed by atoms with Crippen molar-refractivity contribution in [1.29, 1.82) is 0 Å². The molecule has 0 aliphatic heterocycles. The summed E-state index contributed by atoms with van der Waals surface area (Å²) in [6.07, 6.45) is 0. The Morgan fingerprint density at radius 3 is 0.638 bits per heavy atom. The van der Waals surface area contributed by atoms with Gasteiger partial charge in [0.2, 0.25) is 0 Å². The first kappa shape index (κ1) is 31.7. The molecule has 0 aliphatic carbocycles. The molecular formula is C36H30N3O7P. The molecule has 0 atom stereocenters.